The van der Waals surface area contributed by atoms with Crippen LogP contribution < -0.4 is 0 Å². The molecule has 0 radical (unpaired) electrons. The van der Waals surface area contributed by atoms with Gasteiger partial charge in [-0.05, 0) is 52.6 Å². The van der Waals surface area contributed by atoms with Crippen LogP contribution in [0.1, 0.15) is 38.1 Å². The van der Waals surface area contributed by atoms with Gasteiger partial charge in [0.2, 0.25) is 0 Å². The third kappa shape index (κ3) is 4.96. The van der Waals surface area contributed by atoms with Gasteiger partial charge in [-0.2, -0.15) is 0 Å². The van der Waals surface area contributed by atoms with Crippen molar-refractivity contribution < 1.29 is 4.79 Å². The highest BCUT2D eigenvalue weighted by molar-refractivity contribution is 14.1. The van der Waals surface area contributed by atoms with Gasteiger partial charge in [-0.25, -0.2) is 0 Å². The molecule has 2 nitrogen and oxygen atoms in total. The summed E-state index contributed by atoms with van der Waals surface area (Å²) in [4.78, 5) is 14.5. The van der Waals surface area contributed by atoms with E-state index in [1.807, 2.05) is 29.2 Å². The number of rotatable bonds is 5. The Balaban J connectivity index is 2.87. The minimum Gasteiger partial charge on any atom is -0.338 e. The van der Waals surface area contributed by atoms with Crippen LogP contribution in [0.15, 0.2) is 24.3 Å². The number of benzene rings is 1. The first kappa shape index (κ1) is 15.5. The summed E-state index contributed by atoms with van der Waals surface area (Å²) in [6, 6.07) is 7.80. The van der Waals surface area contributed by atoms with Crippen LogP contribution in [0.2, 0.25) is 0 Å². The lowest BCUT2D eigenvalue weighted by atomic mass is 10.1. The normalized spacial score (nSPS) is 11.1. The maximum Gasteiger partial charge on any atom is 0.253 e. The molecule has 0 aliphatic heterocycles. The van der Waals surface area contributed by atoms with E-state index in [1.165, 1.54) is 0 Å². The van der Waals surface area contributed by atoms with Crippen LogP contribution in [0.5, 0.6) is 0 Å². The fourth-order valence-corrected chi connectivity index (χ4v) is 2.47. The van der Waals surface area contributed by atoms with Gasteiger partial charge in [0.05, 0.1) is 0 Å². The number of carbonyl (C=O) groups is 1. The molecule has 0 N–H and O–H groups in total. The number of carbonyl (C=O) groups excluding carboxylic acids is 1. The standard InChI is InChI=1S/C15H22INO/c1-11(2)9-17(10-12(3)4)15(18)13-6-5-7-14(16)8-13/h5-8,11-12H,9-10H2,1-4H3. The summed E-state index contributed by atoms with van der Waals surface area (Å²) in [5.41, 5.74) is 0.795. The van der Waals surface area contributed by atoms with E-state index >= 15 is 0 Å². The molecular formula is C15H22INO. The Hall–Kier alpha value is -0.580. The fraction of sp³-hybridized carbons (Fsp3) is 0.533. The maximum absolute atomic E-state index is 12.5. The van der Waals surface area contributed by atoms with Crippen LogP contribution in [0.3, 0.4) is 0 Å². The molecule has 0 bridgehead atoms. The molecule has 1 aromatic carbocycles. The van der Waals surface area contributed by atoms with Crippen LogP contribution in [0.25, 0.3) is 0 Å². The lowest BCUT2D eigenvalue weighted by molar-refractivity contribution is 0.0715. The molecular weight excluding hydrogens is 337 g/mol. The third-order valence-electron chi connectivity index (χ3n) is 2.53. The summed E-state index contributed by atoms with van der Waals surface area (Å²) in [7, 11) is 0. The smallest absolute Gasteiger partial charge is 0.253 e. The topological polar surface area (TPSA) is 20.3 Å². The summed E-state index contributed by atoms with van der Waals surface area (Å²) in [6.45, 7) is 10.2. The Bertz CT molecular complexity index is 391. The summed E-state index contributed by atoms with van der Waals surface area (Å²) >= 11 is 2.24. The van der Waals surface area contributed by atoms with Gasteiger partial charge in [0.1, 0.15) is 0 Å². The Morgan fingerprint density at radius 1 is 1.17 bits per heavy atom. The van der Waals surface area contributed by atoms with Gasteiger partial charge in [-0.3, -0.25) is 4.79 Å². The molecule has 0 atom stereocenters. The van der Waals surface area contributed by atoms with Gasteiger partial charge in [-0.15, -0.1) is 0 Å². The van der Waals surface area contributed by atoms with Crippen molar-refractivity contribution in [2.24, 2.45) is 11.8 Å². The first-order valence-corrected chi connectivity index (χ1v) is 7.53. The van der Waals surface area contributed by atoms with Crippen LogP contribution in [0.4, 0.5) is 0 Å². The quantitative estimate of drug-likeness (QED) is 0.727. The molecule has 0 unspecified atom stereocenters. The second kappa shape index (κ2) is 7.12. The Morgan fingerprint density at radius 3 is 2.17 bits per heavy atom. The van der Waals surface area contributed by atoms with Gasteiger partial charge in [-0.1, -0.05) is 33.8 Å². The molecule has 0 heterocycles. The summed E-state index contributed by atoms with van der Waals surface area (Å²) in [6.07, 6.45) is 0. The minimum atomic E-state index is 0.149. The van der Waals surface area contributed by atoms with Crippen molar-refractivity contribution in [2.75, 3.05) is 13.1 Å². The highest BCUT2D eigenvalue weighted by atomic mass is 127. The molecule has 1 rings (SSSR count). The average Bonchev–Trinajstić information content (AvgIpc) is 2.26. The maximum atomic E-state index is 12.5. The van der Waals surface area contributed by atoms with Gasteiger partial charge >= 0.3 is 0 Å². The van der Waals surface area contributed by atoms with Gasteiger partial charge in [0.25, 0.3) is 5.91 Å². The van der Waals surface area contributed by atoms with Gasteiger partial charge in [0.15, 0.2) is 0 Å². The first-order valence-electron chi connectivity index (χ1n) is 6.45. The third-order valence-corrected chi connectivity index (χ3v) is 3.20. The number of halogens is 1. The number of amides is 1. The second-order valence-electron chi connectivity index (χ2n) is 5.51. The Morgan fingerprint density at radius 2 is 1.72 bits per heavy atom. The van der Waals surface area contributed by atoms with E-state index in [0.29, 0.717) is 11.8 Å². The monoisotopic (exact) mass is 359 g/mol. The van der Waals surface area contributed by atoms with E-state index in [1.54, 1.807) is 0 Å². The molecule has 18 heavy (non-hydrogen) atoms. The minimum absolute atomic E-state index is 0.149. The predicted molar refractivity (Wildman–Crippen MR) is 84.7 cm³/mol. The van der Waals surface area contributed by atoms with Crippen molar-refractivity contribution in [3.8, 4) is 0 Å². The lowest BCUT2D eigenvalue weighted by Crippen LogP contribution is -2.37. The zero-order valence-corrected chi connectivity index (χ0v) is 13.8. The molecule has 100 valence electrons. The molecule has 0 saturated carbocycles. The van der Waals surface area contributed by atoms with Crippen molar-refractivity contribution in [1.29, 1.82) is 0 Å². The second-order valence-corrected chi connectivity index (χ2v) is 6.75. The van der Waals surface area contributed by atoms with Crippen LogP contribution in [-0.4, -0.2) is 23.9 Å². The van der Waals surface area contributed by atoms with Gasteiger partial charge in [0, 0.05) is 22.2 Å². The molecule has 0 aromatic heterocycles. The number of hydrogen-bond acceptors (Lipinski definition) is 1. The van der Waals surface area contributed by atoms with Crippen LogP contribution in [-0.2, 0) is 0 Å². The fourth-order valence-electron chi connectivity index (χ4n) is 1.93. The molecule has 3 heteroatoms. The largest absolute Gasteiger partial charge is 0.338 e. The van der Waals surface area contributed by atoms with E-state index < -0.39 is 0 Å². The summed E-state index contributed by atoms with van der Waals surface area (Å²) in [5.74, 6) is 1.14. The van der Waals surface area contributed by atoms with Crippen LogP contribution in [0, 0.1) is 15.4 Å². The van der Waals surface area contributed by atoms with E-state index in [9.17, 15) is 4.79 Å². The highest BCUT2D eigenvalue weighted by Gasteiger charge is 2.17. The van der Waals surface area contributed by atoms with Crippen molar-refractivity contribution >= 4 is 28.5 Å². The molecule has 0 fully saturated rings. The highest BCUT2D eigenvalue weighted by Crippen LogP contribution is 2.13. The van der Waals surface area contributed by atoms with E-state index in [4.69, 9.17) is 0 Å². The van der Waals surface area contributed by atoms with Crippen LogP contribution >= 0.6 is 22.6 Å². The Labute approximate surface area is 124 Å². The number of nitrogens with zero attached hydrogens (tertiary/aromatic N) is 1. The first-order chi connectivity index (χ1) is 8.40. The Kier molecular flexibility index (Phi) is 6.12. The zero-order valence-electron chi connectivity index (χ0n) is 11.6. The lowest BCUT2D eigenvalue weighted by Gasteiger charge is -2.26. The molecule has 0 aliphatic rings. The van der Waals surface area contributed by atoms with E-state index in [0.717, 1.165) is 22.2 Å². The van der Waals surface area contributed by atoms with E-state index in [2.05, 4.69) is 50.3 Å². The van der Waals surface area contributed by atoms with Gasteiger partial charge < -0.3 is 4.90 Å². The molecule has 0 aliphatic carbocycles. The molecule has 0 spiro atoms. The molecule has 0 saturated heterocycles. The predicted octanol–water partition coefficient (Wildman–Crippen LogP) is 4.05. The van der Waals surface area contributed by atoms with Crippen molar-refractivity contribution in [2.45, 2.75) is 27.7 Å². The number of hydrogen-bond donors (Lipinski definition) is 0. The van der Waals surface area contributed by atoms with E-state index in [-0.39, 0.29) is 5.91 Å². The van der Waals surface area contributed by atoms with Crippen molar-refractivity contribution in [1.82, 2.24) is 4.90 Å². The van der Waals surface area contributed by atoms with Crippen molar-refractivity contribution in [3.05, 3.63) is 33.4 Å². The average molecular weight is 359 g/mol. The summed E-state index contributed by atoms with van der Waals surface area (Å²) in [5, 5.41) is 0. The molecule has 1 aromatic rings. The summed E-state index contributed by atoms with van der Waals surface area (Å²) < 4.78 is 1.10. The molecule has 1 amide bonds. The zero-order chi connectivity index (χ0) is 13.7. The SMILES string of the molecule is CC(C)CN(CC(C)C)C(=O)c1cccc(I)c1. The van der Waals surface area contributed by atoms with Crippen molar-refractivity contribution in [3.63, 3.8) is 0 Å².